The van der Waals surface area contributed by atoms with Crippen molar-refractivity contribution >= 4 is 0 Å². The Hall–Kier alpha value is -0.160. The van der Waals surface area contributed by atoms with E-state index in [0.29, 0.717) is 5.41 Å². The molecule has 0 aromatic rings. The molecule has 0 bridgehead atoms. The van der Waals surface area contributed by atoms with Gasteiger partial charge in [-0.2, -0.15) is 0 Å². The standard InChI is InChI=1S/C17H33N3O/c18-15-17(5-2-1-3-6-17)7-9-19-8-4-16(14-19)20-10-12-21-13-11-20/h16H,1-15,18H2. The SMILES string of the molecule is NCC1(CCN2CCC(N3CCOCC3)C2)CCCCC1. The first kappa shape index (κ1) is 15.7. The fourth-order valence-corrected chi connectivity index (χ4v) is 4.51. The third-order valence-electron chi connectivity index (χ3n) is 6.12. The van der Waals surface area contributed by atoms with Crippen molar-refractivity contribution < 1.29 is 4.74 Å². The lowest BCUT2D eigenvalue weighted by Crippen LogP contribution is -2.45. The molecule has 1 unspecified atom stereocenters. The molecule has 0 radical (unpaired) electrons. The van der Waals surface area contributed by atoms with Gasteiger partial charge in [0.1, 0.15) is 0 Å². The van der Waals surface area contributed by atoms with E-state index in [4.69, 9.17) is 10.5 Å². The summed E-state index contributed by atoms with van der Waals surface area (Å²) in [6.45, 7) is 8.81. The first-order valence-electron chi connectivity index (χ1n) is 9.06. The quantitative estimate of drug-likeness (QED) is 0.838. The Morgan fingerprint density at radius 2 is 1.81 bits per heavy atom. The van der Waals surface area contributed by atoms with Crippen LogP contribution in [0.5, 0.6) is 0 Å². The van der Waals surface area contributed by atoms with Gasteiger partial charge in [-0.1, -0.05) is 19.3 Å². The van der Waals surface area contributed by atoms with Gasteiger partial charge < -0.3 is 15.4 Å². The number of nitrogens with two attached hydrogens (primary N) is 1. The molecule has 3 aliphatic rings. The minimum absolute atomic E-state index is 0.468. The first-order valence-corrected chi connectivity index (χ1v) is 9.06. The number of hydrogen-bond acceptors (Lipinski definition) is 4. The molecule has 1 saturated carbocycles. The zero-order valence-corrected chi connectivity index (χ0v) is 13.6. The van der Waals surface area contributed by atoms with E-state index in [9.17, 15) is 0 Å². The molecule has 0 aromatic heterocycles. The van der Waals surface area contributed by atoms with Crippen molar-refractivity contribution in [1.82, 2.24) is 9.80 Å². The predicted molar refractivity (Wildman–Crippen MR) is 86.4 cm³/mol. The van der Waals surface area contributed by atoms with E-state index >= 15 is 0 Å². The van der Waals surface area contributed by atoms with Gasteiger partial charge in [-0.3, -0.25) is 4.90 Å². The highest BCUT2D eigenvalue weighted by Crippen LogP contribution is 2.38. The molecule has 0 amide bonds. The van der Waals surface area contributed by atoms with Crippen LogP contribution < -0.4 is 5.73 Å². The summed E-state index contributed by atoms with van der Waals surface area (Å²) in [5.41, 5.74) is 6.59. The van der Waals surface area contributed by atoms with Gasteiger partial charge in [0.2, 0.25) is 0 Å². The fraction of sp³-hybridized carbons (Fsp3) is 1.00. The lowest BCUT2D eigenvalue weighted by atomic mass is 9.72. The van der Waals surface area contributed by atoms with Crippen LogP contribution in [0, 0.1) is 5.41 Å². The summed E-state index contributed by atoms with van der Waals surface area (Å²) in [6, 6.07) is 0.772. The van der Waals surface area contributed by atoms with Crippen molar-refractivity contribution in [1.29, 1.82) is 0 Å². The summed E-state index contributed by atoms with van der Waals surface area (Å²) in [5.74, 6) is 0. The molecule has 2 heterocycles. The average Bonchev–Trinajstić information content (AvgIpc) is 3.04. The van der Waals surface area contributed by atoms with Crippen LogP contribution >= 0.6 is 0 Å². The minimum Gasteiger partial charge on any atom is -0.379 e. The molecule has 4 heteroatoms. The zero-order valence-electron chi connectivity index (χ0n) is 13.6. The molecule has 2 saturated heterocycles. The fourth-order valence-electron chi connectivity index (χ4n) is 4.51. The lowest BCUT2D eigenvalue weighted by Gasteiger charge is -2.37. The van der Waals surface area contributed by atoms with Crippen LogP contribution in [0.1, 0.15) is 44.9 Å². The molecular formula is C17H33N3O. The average molecular weight is 295 g/mol. The molecule has 3 fully saturated rings. The van der Waals surface area contributed by atoms with Gasteiger partial charge in [0.25, 0.3) is 0 Å². The molecule has 4 nitrogen and oxygen atoms in total. The van der Waals surface area contributed by atoms with Gasteiger partial charge in [-0.15, -0.1) is 0 Å². The van der Waals surface area contributed by atoms with Crippen molar-refractivity contribution in [3.8, 4) is 0 Å². The van der Waals surface area contributed by atoms with E-state index in [1.165, 1.54) is 64.6 Å². The number of hydrogen-bond donors (Lipinski definition) is 1. The van der Waals surface area contributed by atoms with E-state index in [0.717, 1.165) is 38.9 Å². The summed E-state index contributed by atoms with van der Waals surface area (Å²) in [5, 5.41) is 0. The van der Waals surface area contributed by atoms with E-state index in [2.05, 4.69) is 9.80 Å². The number of rotatable bonds is 5. The summed E-state index contributed by atoms with van der Waals surface area (Å²) < 4.78 is 5.47. The first-order chi connectivity index (χ1) is 10.3. The Bertz CT molecular complexity index is 311. The number of likely N-dealkylation sites (tertiary alicyclic amines) is 1. The summed E-state index contributed by atoms with van der Waals surface area (Å²) >= 11 is 0. The van der Waals surface area contributed by atoms with Crippen LogP contribution in [0.3, 0.4) is 0 Å². The van der Waals surface area contributed by atoms with Gasteiger partial charge in [0.05, 0.1) is 13.2 Å². The van der Waals surface area contributed by atoms with E-state index < -0.39 is 0 Å². The molecular weight excluding hydrogens is 262 g/mol. The minimum atomic E-state index is 0.468. The summed E-state index contributed by atoms with van der Waals surface area (Å²) in [4.78, 5) is 5.33. The monoisotopic (exact) mass is 295 g/mol. The van der Waals surface area contributed by atoms with E-state index in [1.807, 2.05) is 0 Å². The maximum Gasteiger partial charge on any atom is 0.0594 e. The van der Waals surface area contributed by atoms with Crippen molar-refractivity contribution in [2.45, 2.75) is 51.0 Å². The number of nitrogens with zero attached hydrogens (tertiary/aromatic N) is 2. The maximum atomic E-state index is 6.13. The highest BCUT2D eigenvalue weighted by atomic mass is 16.5. The Morgan fingerprint density at radius 1 is 1.05 bits per heavy atom. The van der Waals surface area contributed by atoms with Gasteiger partial charge >= 0.3 is 0 Å². The van der Waals surface area contributed by atoms with Crippen molar-refractivity contribution in [2.24, 2.45) is 11.1 Å². The molecule has 0 spiro atoms. The largest absolute Gasteiger partial charge is 0.379 e. The van der Waals surface area contributed by atoms with E-state index in [-0.39, 0.29) is 0 Å². The van der Waals surface area contributed by atoms with Gasteiger partial charge in [0.15, 0.2) is 0 Å². The molecule has 1 atom stereocenters. The van der Waals surface area contributed by atoms with Crippen molar-refractivity contribution in [3.63, 3.8) is 0 Å². The normalized spacial score (nSPS) is 31.6. The van der Waals surface area contributed by atoms with Crippen LogP contribution in [-0.2, 0) is 4.74 Å². The third kappa shape index (κ3) is 3.98. The lowest BCUT2D eigenvalue weighted by molar-refractivity contribution is 0.0182. The van der Waals surface area contributed by atoms with E-state index in [1.54, 1.807) is 0 Å². The smallest absolute Gasteiger partial charge is 0.0594 e. The highest BCUT2D eigenvalue weighted by molar-refractivity contribution is 4.88. The predicted octanol–water partition coefficient (Wildman–Crippen LogP) is 1.69. The Balaban J connectivity index is 1.43. The molecule has 21 heavy (non-hydrogen) atoms. The van der Waals surface area contributed by atoms with Crippen LogP contribution in [-0.4, -0.2) is 68.3 Å². The highest BCUT2D eigenvalue weighted by Gasteiger charge is 2.33. The van der Waals surface area contributed by atoms with Gasteiger partial charge in [-0.25, -0.2) is 0 Å². The maximum absolute atomic E-state index is 6.13. The number of morpholine rings is 1. The van der Waals surface area contributed by atoms with Crippen LogP contribution in [0.25, 0.3) is 0 Å². The molecule has 1 aliphatic carbocycles. The molecule has 0 aromatic carbocycles. The second-order valence-corrected chi connectivity index (χ2v) is 7.41. The Morgan fingerprint density at radius 3 is 2.52 bits per heavy atom. The molecule has 2 N–H and O–H groups in total. The Labute approximate surface area is 130 Å². The summed E-state index contributed by atoms with van der Waals surface area (Å²) in [6.07, 6.45) is 9.61. The van der Waals surface area contributed by atoms with Crippen molar-refractivity contribution in [2.75, 3.05) is 52.5 Å². The molecule has 3 rings (SSSR count). The van der Waals surface area contributed by atoms with Crippen LogP contribution in [0.2, 0.25) is 0 Å². The topological polar surface area (TPSA) is 41.7 Å². The van der Waals surface area contributed by atoms with Crippen LogP contribution in [0.4, 0.5) is 0 Å². The van der Waals surface area contributed by atoms with Crippen LogP contribution in [0.15, 0.2) is 0 Å². The summed E-state index contributed by atoms with van der Waals surface area (Å²) in [7, 11) is 0. The Kier molecular flexibility index (Phi) is 5.54. The second kappa shape index (κ2) is 7.40. The third-order valence-corrected chi connectivity index (χ3v) is 6.12. The molecule has 2 aliphatic heterocycles. The molecule has 122 valence electrons. The van der Waals surface area contributed by atoms with Crippen molar-refractivity contribution in [3.05, 3.63) is 0 Å². The zero-order chi connectivity index (χ0) is 14.5. The van der Waals surface area contributed by atoms with Gasteiger partial charge in [0, 0.05) is 25.7 Å². The van der Waals surface area contributed by atoms with Gasteiger partial charge in [-0.05, 0) is 50.7 Å². The number of ether oxygens (including phenoxy) is 1. The second-order valence-electron chi connectivity index (χ2n) is 7.41.